The smallest absolute Gasteiger partial charge is 0.194 e. The van der Waals surface area contributed by atoms with Crippen molar-refractivity contribution in [3.05, 3.63) is 251 Å². The first-order valence-corrected chi connectivity index (χ1v) is 23.7. The van der Waals surface area contributed by atoms with E-state index in [1.807, 2.05) is 173 Å². The Balaban J connectivity index is 1.21. The van der Waals surface area contributed by atoms with E-state index in [0.717, 1.165) is 88.1 Å². The molecule has 12 rings (SSSR count). The molecular weight excluding hydrogens is 924 g/mol. The Bertz CT molecular complexity index is 4220. The minimum absolute atomic E-state index is 0.156. The van der Waals surface area contributed by atoms with Gasteiger partial charge >= 0.3 is 0 Å². The van der Waals surface area contributed by atoms with Crippen LogP contribution in [0, 0.1) is 64.3 Å². The maximum absolute atomic E-state index is 16.6. The second-order valence-corrected chi connectivity index (χ2v) is 18.0. The van der Waals surface area contributed by atoms with Crippen molar-refractivity contribution in [3.8, 4) is 91.3 Å². The first-order valence-electron chi connectivity index (χ1n) is 23.7. The van der Waals surface area contributed by atoms with Crippen molar-refractivity contribution in [2.24, 2.45) is 0 Å². The number of halogens is 1. The highest BCUT2D eigenvalue weighted by molar-refractivity contribution is 6.14. The molecule has 0 unspecified atom stereocenters. The quantitative estimate of drug-likeness (QED) is 0.148. The monoisotopic (exact) mass is 956 g/mol. The van der Waals surface area contributed by atoms with E-state index >= 15 is 4.39 Å². The normalized spacial score (nSPS) is 10.9. The summed E-state index contributed by atoms with van der Waals surface area (Å²) in [5.41, 5.74) is 13.1. The summed E-state index contributed by atoms with van der Waals surface area (Å²) in [7, 11) is 0. The molecule has 0 amide bonds. The molecule has 0 saturated heterocycles. The van der Waals surface area contributed by atoms with Gasteiger partial charge in [0, 0.05) is 27.1 Å². The van der Waals surface area contributed by atoms with Crippen LogP contribution in [0.1, 0.15) is 22.3 Å². The van der Waals surface area contributed by atoms with Gasteiger partial charge in [-0.1, -0.05) is 115 Å². The van der Waals surface area contributed by atoms with E-state index < -0.39 is 5.82 Å². The van der Waals surface area contributed by atoms with Crippen LogP contribution in [0.25, 0.3) is 120 Å². The van der Waals surface area contributed by atoms with Crippen molar-refractivity contribution in [2.45, 2.75) is 0 Å². The molecule has 9 heteroatoms. The zero-order chi connectivity index (χ0) is 51.3. The lowest BCUT2D eigenvalue weighted by molar-refractivity contribution is 0.631. The Labute approximate surface area is 430 Å². The molecule has 2 aromatic heterocycles. The maximum atomic E-state index is 16.6. The van der Waals surface area contributed by atoms with Crippen LogP contribution in [0.3, 0.4) is 0 Å². The van der Waals surface area contributed by atoms with Gasteiger partial charge in [-0.25, -0.2) is 14.1 Å². The Morgan fingerprint density at radius 1 is 0.360 bits per heavy atom. The summed E-state index contributed by atoms with van der Waals surface area (Å²) >= 11 is 0. The molecule has 0 aliphatic carbocycles. The van der Waals surface area contributed by atoms with Crippen LogP contribution < -0.4 is 0 Å². The summed E-state index contributed by atoms with van der Waals surface area (Å²) in [6.07, 6.45) is 0. The number of benzene rings is 10. The second-order valence-electron chi connectivity index (χ2n) is 18.0. The van der Waals surface area contributed by atoms with E-state index in [1.165, 1.54) is 6.07 Å². The average molecular weight is 957 g/mol. The summed E-state index contributed by atoms with van der Waals surface area (Å²) in [6, 6.07) is 71.0. The lowest BCUT2D eigenvalue weighted by Crippen LogP contribution is -2.05. The molecule has 0 aliphatic heterocycles. The molecule has 75 heavy (non-hydrogen) atoms. The molecule has 0 aliphatic rings. The van der Waals surface area contributed by atoms with Crippen LogP contribution >= 0.6 is 0 Å². The summed E-state index contributed by atoms with van der Waals surface area (Å²) < 4.78 is 20.7. The molecule has 10 aromatic carbocycles. The van der Waals surface area contributed by atoms with Gasteiger partial charge in [0.25, 0.3) is 0 Å². The average Bonchev–Trinajstić information content (AvgIpc) is 3.97. The molecule has 0 fully saturated rings. The van der Waals surface area contributed by atoms with Crippen molar-refractivity contribution in [2.75, 3.05) is 0 Å². The van der Waals surface area contributed by atoms with E-state index in [2.05, 4.69) is 27.9 Å². The van der Waals surface area contributed by atoms with E-state index in [9.17, 15) is 21.0 Å². The van der Waals surface area contributed by atoms with Gasteiger partial charge in [-0.15, -0.1) is 0 Å². The Kier molecular flexibility index (Phi) is 10.8. The first kappa shape index (κ1) is 44.8. The fraction of sp³-hybridized carbons (Fsp3) is 0. The fourth-order valence-corrected chi connectivity index (χ4v) is 10.6. The number of nitrogens with zero attached hydrogens (tertiary/aromatic N) is 8. The van der Waals surface area contributed by atoms with Crippen molar-refractivity contribution in [1.29, 1.82) is 21.0 Å². The minimum Gasteiger partial charge on any atom is -0.308 e. The van der Waals surface area contributed by atoms with E-state index in [0.29, 0.717) is 39.4 Å². The molecule has 8 nitrogen and oxygen atoms in total. The molecule has 0 radical (unpaired) electrons. The molecule has 0 bridgehead atoms. The molecule has 0 spiro atoms. The van der Waals surface area contributed by atoms with Crippen LogP contribution in [0.2, 0.25) is 0 Å². The fourth-order valence-electron chi connectivity index (χ4n) is 10.6. The Hall–Kier alpha value is -11.3. The maximum Gasteiger partial charge on any atom is 0.194 e. The van der Waals surface area contributed by atoms with Gasteiger partial charge in [0.05, 0.1) is 81.5 Å². The molecule has 2 heterocycles. The van der Waals surface area contributed by atoms with Gasteiger partial charge < -0.3 is 9.13 Å². The third kappa shape index (κ3) is 7.31. The molecular formula is C66H33FN8. The SMILES string of the molecule is [C-]#[N+]c1ccccc1-c1ccc2c(c1)c1cc(-c3ccccc3C#N)ccc1n2-c1cc(-c2ccc(C#N)cc2F)cc(-n2c3ccc(-c4ccccc4C#N)cc3c3cc(-c4ccccc4[N+]#[C-])ccc32)c1C#N. The highest BCUT2D eigenvalue weighted by Crippen LogP contribution is 2.45. The first-order chi connectivity index (χ1) is 36.8. The van der Waals surface area contributed by atoms with E-state index in [1.54, 1.807) is 36.4 Å². The second kappa shape index (κ2) is 18.1. The van der Waals surface area contributed by atoms with Crippen molar-refractivity contribution in [1.82, 2.24) is 9.13 Å². The van der Waals surface area contributed by atoms with Crippen LogP contribution in [0.5, 0.6) is 0 Å². The van der Waals surface area contributed by atoms with Gasteiger partial charge in [-0.05, 0) is 135 Å². The minimum atomic E-state index is -0.618. The third-order valence-corrected chi connectivity index (χ3v) is 14.0. The van der Waals surface area contributed by atoms with Crippen LogP contribution in [0.15, 0.2) is 200 Å². The van der Waals surface area contributed by atoms with Gasteiger partial charge in [0.2, 0.25) is 0 Å². The lowest BCUT2D eigenvalue weighted by atomic mass is 9.97. The lowest BCUT2D eigenvalue weighted by Gasteiger charge is -2.19. The van der Waals surface area contributed by atoms with Crippen LogP contribution in [-0.2, 0) is 0 Å². The number of nitriles is 4. The summed E-state index contributed by atoms with van der Waals surface area (Å²) in [4.78, 5) is 7.66. The van der Waals surface area contributed by atoms with Gasteiger partial charge in [0.15, 0.2) is 11.4 Å². The molecule has 344 valence electrons. The van der Waals surface area contributed by atoms with Crippen LogP contribution in [0.4, 0.5) is 15.8 Å². The van der Waals surface area contributed by atoms with E-state index in [-0.39, 0.29) is 16.7 Å². The predicted molar refractivity (Wildman–Crippen MR) is 294 cm³/mol. The van der Waals surface area contributed by atoms with E-state index in [4.69, 9.17) is 13.1 Å². The molecule has 0 atom stereocenters. The number of hydrogen-bond acceptors (Lipinski definition) is 4. The number of rotatable bonds is 7. The summed E-state index contributed by atoms with van der Waals surface area (Å²) in [5.74, 6) is -0.618. The standard InChI is InChI=1S/C66H33FN8/c1-72-59-17-9-7-15-51(59)43-22-27-63-55(32-43)53-30-41(48-13-5-3-11-45(48)37-69)20-25-61(53)74(63)65-34-47(50-24-19-40(36-68)29-58(50)67)35-66(57(65)39-71)75-62-26-21-42(49-14-6-4-12-46(49)38-70)31-54(62)56-33-44(23-28-64(56)75)52-16-8-10-18-60(52)73-2/h3-35H. The zero-order valence-electron chi connectivity index (χ0n) is 39.5. The molecule has 12 aromatic rings. The zero-order valence-corrected chi connectivity index (χ0v) is 39.5. The summed E-state index contributed by atoms with van der Waals surface area (Å²) in [5, 5.41) is 45.2. The third-order valence-electron chi connectivity index (χ3n) is 14.0. The number of aromatic nitrogens is 2. The largest absolute Gasteiger partial charge is 0.308 e. The van der Waals surface area contributed by atoms with Gasteiger partial charge in [0.1, 0.15) is 17.4 Å². The molecule has 0 N–H and O–H groups in total. The highest BCUT2D eigenvalue weighted by Gasteiger charge is 2.25. The Morgan fingerprint density at radius 2 is 0.747 bits per heavy atom. The summed E-state index contributed by atoms with van der Waals surface area (Å²) in [6.45, 7) is 16.0. The number of fused-ring (bicyclic) bond motifs is 6. The number of para-hydroxylation sites is 2. The van der Waals surface area contributed by atoms with Gasteiger partial charge in [-0.2, -0.15) is 21.0 Å². The highest BCUT2D eigenvalue weighted by atomic mass is 19.1. The van der Waals surface area contributed by atoms with Gasteiger partial charge in [-0.3, -0.25) is 0 Å². The van der Waals surface area contributed by atoms with Crippen LogP contribution in [-0.4, -0.2) is 9.13 Å². The Morgan fingerprint density at radius 3 is 1.12 bits per heavy atom. The number of hydrogen-bond donors (Lipinski definition) is 0. The van der Waals surface area contributed by atoms with Crippen molar-refractivity contribution >= 4 is 55.0 Å². The van der Waals surface area contributed by atoms with Crippen molar-refractivity contribution in [3.63, 3.8) is 0 Å². The predicted octanol–water partition coefficient (Wildman–Crippen LogP) is 16.9. The molecule has 0 saturated carbocycles. The van der Waals surface area contributed by atoms with Crippen molar-refractivity contribution < 1.29 is 4.39 Å². The topological polar surface area (TPSA) is 114 Å².